The monoisotopic (exact) mass is 341 g/mol. The molecule has 0 saturated carbocycles. The van der Waals surface area contributed by atoms with Crippen LogP contribution in [-0.4, -0.2) is 25.3 Å². The molecule has 0 aliphatic rings. The van der Waals surface area contributed by atoms with Gasteiger partial charge in [0.05, 0.1) is 0 Å². The van der Waals surface area contributed by atoms with Crippen LogP contribution in [-0.2, 0) is 6.54 Å². The minimum Gasteiger partial charge on any atom is -0.305 e. The number of hydrogen-bond acceptors (Lipinski definition) is 2. The molecule has 130 valence electrons. The van der Waals surface area contributed by atoms with E-state index in [4.69, 9.17) is 0 Å². The lowest BCUT2D eigenvalue weighted by atomic mass is 10.0. The van der Waals surface area contributed by atoms with Crippen molar-refractivity contribution < 1.29 is 4.79 Å². The van der Waals surface area contributed by atoms with Gasteiger partial charge in [0.15, 0.2) is 6.29 Å². The van der Waals surface area contributed by atoms with Gasteiger partial charge in [-0.2, -0.15) is 0 Å². The summed E-state index contributed by atoms with van der Waals surface area (Å²) in [6.45, 7) is 1.00. The number of rotatable bonds is 3. The summed E-state index contributed by atoms with van der Waals surface area (Å²) in [7, 11) is 4.20. The van der Waals surface area contributed by atoms with Crippen LogP contribution in [0.3, 0.4) is 0 Å². The molecule has 0 N–H and O–H groups in total. The molecule has 0 unspecified atom stereocenters. The predicted molar refractivity (Wildman–Crippen MR) is 111 cm³/mol. The Morgan fingerprint density at radius 3 is 1.88 bits per heavy atom. The smallest absolute Gasteiger partial charge is 0.150 e. The lowest BCUT2D eigenvalue weighted by molar-refractivity contribution is 0.112. The first-order valence-electron chi connectivity index (χ1n) is 8.73. The molecule has 0 amide bonds. The first-order chi connectivity index (χ1) is 12.7. The maximum Gasteiger partial charge on any atom is 0.150 e. The minimum atomic E-state index is 0.758. The van der Waals surface area contributed by atoms with E-state index in [1.807, 2.05) is 42.5 Å². The Morgan fingerprint density at radius 1 is 0.692 bits per heavy atom. The molecule has 0 atom stereocenters. The van der Waals surface area contributed by atoms with Crippen molar-refractivity contribution in [3.8, 4) is 0 Å². The van der Waals surface area contributed by atoms with Gasteiger partial charge < -0.3 is 4.90 Å². The summed E-state index contributed by atoms with van der Waals surface area (Å²) >= 11 is 0. The highest BCUT2D eigenvalue weighted by molar-refractivity contribution is 5.97. The predicted octanol–water partition coefficient (Wildman–Crippen LogP) is 5.55. The number of hydrogen-bond donors (Lipinski definition) is 0. The Labute approximate surface area is 154 Å². The van der Waals surface area contributed by atoms with Gasteiger partial charge in [0.25, 0.3) is 0 Å². The van der Waals surface area contributed by atoms with E-state index in [-0.39, 0.29) is 0 Å². The molecular formula is C24H23NO. The normalized spacial score (nSPS) is 10.6. The topological polar surface area (TPSA) is 20.3 Å². The van der Waals surface area contributed by atoms with E-state index in [9.17, 15) is 4.79 Å². The van der Waals surface area contributed by atoms with Crippen molar-refractivity contribution in [3.05, 3.63) is 96.1 Å². The van der Waals surface area contributed by atoms with Gasteiger partial charge in [0.1, 0.15) is 0 Å². The van der Waals surface area contributed by atoms with E-state index >= 15 is 0 Å². The van der Waals surface area contributed by atoms with Crippen LogP contribution in [0.5, 0.6) is 0 Å². The summed E-state index contributed by atoms with van der Waals surface area (Å²) in [5, 5.41) is 4.83. The Hall–Kier alpha value is -2.97. The maximum absolute atomic E-state index is 10.6. The highest BCUT2D eigenvalue weighted by Crippen LogP contribution is 2.19. The van der Waals surface area contributed by atoms with Crippen LogP contribution >= 0.6 is 0 Å². The van der Waals surface area contributed by atoms with Gasteiger partial charge >= 0.3 is 0 Å². The quantitative estimate of drug-likeness (QED) is 0.455. The number of nitrogens with zero attached hydrogens (tertiary/aromatic N) is 1. The number of carbonyl (C=O) groups excluding carboxylic acids is 1. The third-order valence-electron chi connectivity index (χ3n) is 4.32. The second-order valence-corrected chi connectivity index (χ2v) is 6.56. The van der Waals surface area contributed by atoms with Gasteiger partial charge in [-0.05, 0) is 41.2 Å². The highest BCUT2D eigenvalue weighted by Gasteiger charge is 2.00. The van der Waals surface area contributed by atoms with Gasteiger partial charge in [0.2, 0.25) is 0 Å². The van der Waals surface area contributed by atoms with Gasteiger partial charge in [-0.25, -0.2) is 0 Å². The van der Waals surface area contributed by atoms with Crippen LogP contribution in [0, 0.1) is 0 Å². The summed E-state index contributed by atoms with van der Waals surface area (Å²) in [4.78, 5) is 12.8. The zero-order chi connectivity index (χ0) is 18.4. The molecule has 2 heteroatoms. The molecule has 0 radical (unpaired) electrons. The van der Waals surface area contributed by atoms with Gasteiger partial charge in [0, 0.05) is 12.1 Å². The van der Waals surface area contributed by atoms with Crippen molar-refractivity contribution in [1.82, 2.24) is 4.90 Å². The Kier molecular flexibility index (Phi) is 5.77. The molecule has 26 heavy (non-hydrogen) atoms. The molecule has 0 spiro atoms. The van der Waals surface area contributed by atoms with E-state index in [2.05, 4.69) is 61.5 Å². The largest absolute Gasteiger partial charge is 0.305 e. The SMILES string of the molecule is CN(C)Cc1cccc2ccccc12.O=Cc1cccc2ccccc12. The third-order valence-corrected chi connectivity index (χ3v) is 4.32. The van der Waals surface area contributed by atoms with E-state index in [0.29, 0.717) is 0 Å². The molecule has 0 heterocycles. The standard InChI is InChI=1S/C13H15N.C11H8O/c1-14(2)10-12-8-5-7-11-6-3-4-9-13(11)12;12-8-10-6-3-5-9-4-1-2-7-11(9)10/h3-9H,10H2,1-2H3;1-8H. The van der Waals surface area contributed by atoms with E-state index in [1.165, 1.54) is 16.3 Å². The Balaban J connectivity index is 0.000000152. The Morgan fingerprint density at radius 2 is 1.23 bits per heavy atom. The number of carbonyl (C=O) groups is 1. The van der Waals surface area contributed by atoms with Crippen molar-refractivity contribution in [2.45, 2.75) is 6.54 Å². The van der Waals surface area contributed by atoms with Crippen LogP contribution in [0.15, 0.2) is 84.9 Å². The van der Waals surface area contributed by atoms with E-state index in [0.717, 1.165) is 29.2 Å². The molecule has 4 rings (SSSR count). The fourth-order valence-corrected chi connectivity index (χ4v) is 3.12. The lowest BCUT2D eigenvalue weighted by Gasteiger charge is -2.11. The average molecular weight is 341 g/mol. The maximum atomic E-state index is 10.6. The molecule has 4 aromatic rings. The van der Waals surface area contributed by atoms with Crippen molar-refractivity contribution in [1.29, 1.82) is 0 Å². The minimum absolute atomic E-state index is 0.758. The van der Waals surface area contributed by atoms with Crippen LogP contribution < -0.4 is 0 Å². The lowest BCUT2D eigenvalue weighted by Crippen LogP contribution is -2.10. The molecule has 2 nitrogen and oxygen atoms in total. The zero-order valence-corrected chi connectivity index (χ0v) is 15.2. The Bertz CT molecular complexity index is 1010. The van der Waals surface area contributed by atoms with E-state index in [1.54, 1.807) is 0 Å². The van der Waals surface area contributed by atoms with Crippen LogP contribution in [0.1, 0.15) is 15.9 Å². The van der Waals surface area contributed by atoms with Crippen molar-refractivity contribution in [3.63, 3.8) is 0 Å². The van der Waals surface area contributed by atoms with Crippen LogP contribution in [0.25, 0.3) is 21.5 Å². The summed E-state index contributed by atoms with van der Waals surface area (Å²) in [6, 6.07) is 28.6. The summed E-state index contributed by atoms with van der Waals surface area (Å²) in [5.74, 6) is 0. The molecule has 0 aliphatic carbocycles. The number of benzene rings is 4. The van der Waals surface area contributed by atoms with Crippen molar-refractivity contribution >= 4 is 27.8 Å². The van der Waals surface area contributed by atoms with Gasteiger partial charge in [-0.15, -0.1) is 0 Å². The first-order valence-corrected chi connectivity index (χ1v) is 8.73. The fourth-order valence-electron chi connectivity index (χ4n) is 3.12. The molecule has 4 aromatic carbocycles. The molecule has 0 aromatic heterocycles. The number of aldehydes is 1. The van der Waals surface area contributed by atoms with Crippen molar-refractivity contribution in [2.75, 3.05) is 14.1 Å². The second kappa shape index (κ2) is 8.41. The summed E-state index contributed by atoms with van der Waals surface area (Å²) in [5.41, 5.74) is 2.15. The zero-order valence-electron chi connectivity index (χ0n) is 15.2. The number of fused-ring (bicyclic) bond motifs is 2. The van der Waals surface area contributed by atoms with Crippen LogP contribution in [0.4, 0.5) is 0 Å². The van der Waals surface area contributed by atoms with Crippen molar-refractivity contribution in [2.24, 2.45) is 0 Å². The van der Waals surface area contributed by atoms with Crippen LogP contribution in [0.2, 0.25) is 0 Å². The fraction of sp³-hybridized carbons (Fsp3) is 0.125. The summed E-state index contributed by atoms with van der Waals surface area (Å²) < 4.78 is 0. The average Bonchev–Trinajstić information content (AvgIpc) is 2.68. The summed E-state index contributed by atoms with van der Waals surface area (Å²) in [6.07, 6.45) is 0.891. The molecule has 0 bridgehead atoms. The third kappa shape index (κ3) is 4.16. The van der Waals surface area contributed by atoms with Gasteiger partial charge in [-0.3, -0.25) is 4.79 Å². The molecule has 0 fully saturated rings. The second-order valence-electron chi connectivity index (χ2n) is 6.56. The molecule has 0 aliphatic heterocycles. The molecule has 0 saturated heterocycles. The van der Waals surface area contributed by atoms with E-state index < -0.39 is 0 Å². The van der Waals surface area contributed by atoms with Gasteiger partial charge in [-0.1, -0.05) is 84.9 Å². The molecular weight excluding hydrogens is 318 g/mol. The highest BCUT2D eigenvalue weighted by atomic mass is 16.1. The first kappa shape index (κ1) is 17.8.